The molecule has 0 atom stereocenters. The fraction of sp³-hybridized carbons (Fsp3) is 1.00. The van der Waals surface area contributed by atoms with Crippen molar-refractivity contribution in [3.63, 3.8) is 0 Å². The second-order valence-electron chi connectivity index (χ2n) is 4.75. The molecule has 0 amide bonds. The molecule has 0 saturated heterocycles. The highest BCUT2D eigenvalue weighted by molar-refractivity contribution is 7.89. The zero-order valence-corrected chi connectivity index (χ0v) is 13.6. The molecule has 0 spiro atoms. The third-order valence-corrected chi connectivity index (χ3v) is 4.40. The van der Waals surface area contributed by atoms with Crippen LogP contribution in [0.25, 0.3) is 0 Å². The summed E-state index contributed by atoms with van der Waals surface area (Å²) in [4.78, 5) is 2.26. The Balaban J connectivity index is 3.72. The van der Waals surface area contributed by atoms with Gasteiger partial charge >= 0.3 is 0 Å². The molecule has 2 N–H and O–H groups in total. The van der Waals surface area contributed by atoms with E-state index in [-0.39, 0.29) is 5.75 Å². The van der Waals surface area contributed by atoms with Crippen molar-refractivity contribution in [3.05, 3.63) is 0 Å². The molecule has 0 aliphatic heterocycles. The average molecular weight is 293 g/mol. The molecule has 5 nitrogen and oxygen atoms in total. The van der Waals surface area contributed by atoms with Gasteiger partial charge in [-0.1, -0.05) is 20.8 Å². The zero-order chi connectivity index (χ0) is 14.6. The van der Waals surface area contributed by atoms with Gasteiger partial charge in [-0.15, -0.1) is 0 Å². The predicted octanol–water partition coefficient (Wildman–Crippen LogP) is 1.03. The Kier molecular flexibility index (Phi) is 11.5. The third kappa shape index (κ3) is 11.4. The predicted molar refractivity (Wildman–Crippen MR) is 82.0 cm³/mol. The monoisotopic (exact) mass is 293 g/mol. The van der Waals surface area contributed by atoms with Crippen LogP contribution in [0, 0.1) is 0 Å². The Labute approximate surface area is 119 Å². The molecule has 0 aliphatic rings. The number of hydrogen-bond donors (Lipinski definition) is 2. The number of rotatable bonds is 13. The van der Waals surface area contributed by atoms with Gasteiger partial charge in [0.1, 0.15) is 0 Å². The van der Waals surface area contributed by atoms with E-state index in [9.17, 15) is 8.42 Å². The first-order valence-corrected chi connectivity index (χ1v) is 9.11. The van der Waals surface area contributed by atoms with Crippen molar-refractivity contribution in [2.45, 2.75) is 40.0 Å². The van der Waals surface area contributed by atoms with E-state index in [1.165, 1.54) is 0 Å². The van der Waals surface area contributed by atoms with Gasteiger partial charge in [-0.05, 0) is 45.4 Å². The van der Waals surface area contributed by atoms with E-state index < -0.39 is 10.0 Å². The highest BCUT2D eigenvalue weighted by Gasteiger charge is 2.09. The van der Waals surface area contributed by atoms with Crippen LogP contribution in [0.5, 0.6) is 0 Å². The van der Waals surface area contributed by atoms with Crippen LogP contribution in [-0.4, -0.2) is 58.3 Å². The van der Waals surface area contributed by atoms with Crippen molar-refractivity contribution in [2.24, 2.45) is 0 Å². The van der Waals surface area contributed by atoms with Crippen molar-refractivity contribution in [1.29, 1.82) is 0 Å². The fourth-order valence-electron chi connectivity index (χ4n) is 1.86. The molecule has 0 aliphatic carbocycles. The van der Waals surface area contributed by atoms with Crippen molar-refractivity contribution < 1.29 is 8.42 Å². The van der Waals surface area contributed by atoms with Gasteiger partial charge in [0.25, 0.3) is 0 Å². The Morgan fingerprint density at radius 2 is 1.68 bits per heavy atom. The van der Waals surface area contributed by atoms with E-state index >= 15 is 0 Å². The first kappa shape index (κ1) is 18.8. The van der Waals surface area contributed by atoms with Crippen LogP contribution in [-0.2, 0) is 10.0 Å². The maximum Gasteiger partial charge on any atom is 0.211 e. The molecule has 0 aromatic heterocycles. The molecule has 0 aromatic carbocycles. The quantitative estimate of drug-likeness (QED) is 0.498. The van der Waals surface area contributed by atoms with Crippen LogP contribution < -0.4 is 10.0 Å². The Bertz CT molecular complexity index is 294. The smallest absolute Gasteiger partial charge is 0.211 e. The first-order valence-electron chi connectivity index (χ1n) is 7.46. The maximum atomic E-state index is 11.7. The molecule has 0 rings (SSSR count). The number of hydrogen-bond acceptors (Lipinski definition) is 4. The van der Waals surface area contributed by atoms with Gasteiger partial charge in [0.2, 0.25) is 10.0 Å². The van der Waals surface area contributed by atoms with Gasteiger partial charge in [0, 0.05) is 13.1 Å². The lowest BCUT2D eigenvalue weighted by atomic mass is 10.4. The minimum atomic E-state index is -3.10. The van der Waals surface area contributed by atoms with E-state index in [0.717, 1.165) is 45.6 Å². The summed E-state index contributed by atoms with van der Waals surface area (Å²) in [5.41, 5.74) is 0. The lowest BCUT2D eigenvalue weighted by Gasteiger charge is -2.19. The minimum absolute atomic E-state index is 0.212. The number of sulfonamides is 1. The fourth-order valence-corrected chi connectivity index (χ4v) is 2.94. The van der Waals surface area contributed by atoms with E-state index in [4.69, 9.17) is 0 Å². The molecular formula is C13H31N3O2S. The Morgan fingerprint density at radius 3 is 2.26 bits per heavy atom. The van der Waals surface area contributed by atoms with Gasteiger partial charge < -0.3 is 10.2 Å². The maximum absolute atomic E-state index is 11.7. The molecule has 19 heavy (non-hydrogen) atoms. The van der Waals surface area contributed by atoms with Gasteiger partial charge in [-0.25, -0.2) is 13.1 Å². The third-order valence-electron chi connectivity index (χ3n) is 2.93. The minimum Gasteiger partial charge on any atom is -0.317 e. The molecule has 0 unspecified atom stereocenters. The molecule has 116 valence electrons. The van der Waals surface area contributed by atoms with Crippen molar-refractivity contribution in [3.8, 4) is 0 Å². The van der Waals surface area contributed by atoms with Crippen molar-refractivity contribution in [1.82, 2.24) is 14.9 Å². The lowest BCUT2D eigenvalue weighted by molar-refractivity contribution is 0.293. The van der Waals surface area contributed by atoms with E-state index in [0.29, 0.717) is 13.0 Å². The SMILES string of the molecule is CCCNCCCS(=O)(=O)NCCN(CC)CCC. The summed E-state index contributed by atoms with van der Waals surface area (Å²) in [6.45, 7) is 11.4. The summed E-state index contributed by atoms with van der Waals surface area (Å²) < 4.78 is 26.1. The summed E-state index contributed by atoms with van der Waals surface area (Å²) in [5, 5.41) is 3.21. The Morgan fingerprint density at radius 1 is 0.947 bits per heavy atom. The summed E-state index contributed by atoms with van der Waals surface area (Å²) in [6.07, 6.45) is 2.85. The summed E-state index contributed by atoms with van der Waals surface area (Å²) >= 11 is 0. The van der Waals surface area contributed by atoms with Crippen LogP contribution in [0.15, 0.2) is 0 Å². The second kappa shape index (κ2) is 11.6. The van der Waals surface area contributed by atoms with Crippen LogP contribution in [0.2, 0.25) is 0 Å². The summed E-state index contributed by atoms with van der Waals surface area (Å²) in [6, 6.07) is 0. The number of nitrogens with one attached hydrogen (secondary N) is 2. The van der Waals surface area contributed by atoms with Crippen LogP contribution >= 0.6 is 0 Å². The molecule has 0 bridgehead atoms. The van der Waals surface area contributed by atoms with Crippen LogP contribution in [0.1, 0.15) is 40.0 Å². The van der Waals surface area contributed by atoms with E-state index in [1.54, 1.807) is 0 Å². The largest absolute Gasteiger partial charge is 0.317 e. The topological polar surface area (TPSA) is 61.4 Å². The molecule has 0 fully saturated rings. The van der Waals surface area contributed by atoms with Crippen molar-refractivity contribution in [2.75, 3.05) is 45.0 Å². The molecule has 0 heterocycles. The van der Waals surface area contributed by atoms with Gasteiger partial charge in [-0.2, -0.15) is 0 Å². The first-order chi connectivity index (χ1) is 9.05. The van der Waals surface area contributed by atoms with Gasteiger partial charge in [-0.3, -0.25) is 0 Å². The van der Waals surface area contributed by atoms with E-state index in [1.807, 2.05) is 0 Å². The highest BCUT2D eigenvalue weighted by atomic mass is 32.2. The standard InChI is InChI=1S/C13H31N3O2S/c1-4-8-14-9-7-13-19(17,18)15-10-12-16(6-3)11-5-2/h14-15H,4-13H2,1-3H3. The summed E-state index contributed by atoms with van der Waals surface area (Å²) in [7, 11) is -3.10. The molecule has 6 heteroatoms. The van der Waals surface area contributed by atoms with Crippen molar-refractivity contribution >= 4 is 10.0 Å². The van der Waals surface area contributed by atoms with Crippen LogP contribution in [0.3, 0.4) is 0 Å². The molecular weight excluding hydrogens is 262 g/mol. The lowest BCUT2D eigenvalue weighted by Crippen LogP contribution is -2.36. The van der Waals surface area contributed by atoms with E-state index in [2.05, 4.69) is 35.7 Å². The molecule has 0 saturated carbocycles. The summed E-state index contributed by atoms with van der Waals surface area (Å²) in [5.74, 6) is 0.212. The molecule has 0 aromatic rings. The van der Waals surface area contributed by atoms with Gasteiger partial charge in [0.05, 0.1) is 5.75 Å². The zero-order valence-electron chi connectivity index (χ0n) is 12.7. The van der Waals surface area contributed by atoms with Gasteiger partial charge in [0.15, 0.2) is 0 Å². The average Bonchev–Trinajstić information content (AvgIpc) is 2.37. The number of likely N-dealkylation sites (N-methyl/N-ethyl adjacent to an activating group) is 1. The van der Waals surface area contributed by atoms with Crippen LogP contribution in [0.4, 0.5) is 0 Å². The second-order valence-corrected chi connectivity index (χ2v) is 6.68. The highest BCUT2D eigenvalue weighted by Crippen LogP contribution is 1.92. The Hall–Kier alpha value is -0.170. The molecule has 0 radical (unpaired) electrons. The number of nitrogens with zero attached hydrogens (tertiary/aromatic N) is 1. The normalized spacial score (nSPS) is 12.2.